The molecule has 1 unspecified atom stereocenters. The number of aromatic nitrogens is 2. The average molecular weight is 248 g/mol. The van der Waals surface area contributed by atoms with Crippen LogP contribution in [0.2, 0.25) is 0 Å². The van der Waals surface area contributed by atoms with Crippen LogP contribution >= 0.6 is 0 Å². The molecule has 0 amide bonds. The summed E-state index contributed by atoms with van der Waals surface area (Å²) in [6.07, 6.45) is 1.85. The van der Waals surface area contributed by atoms with E-state index in [9.17, 15) is 0 Å². The molecule has 1 atom stereocenters. The molecular weight excluding hydrogens is 224 g/mol. The van der Waals surface area contributed by atoms with E-state index in [-0.39, 0.29) is 0 Å². The Kier molecular flexibility index (Phi) is 3.97. The van der Waals surface area contributed by atoms with E-state index in [2.05, 4.69) is 41.0 Å². The Morgan fingerprint density at radius 2 is 2.22 bits per heavy atom. The molecule has 0 bridgehead atoms. The zero-order chi connectivity index (χ0) is 13.2. The molecule has 18 heavy (non-hydrogen) atoms. The van der Waals surface area contributed by atoms with Crippen molar-refractivity contribution in [1.29, 1.82) is 0 Å². The molecule has 1 aromatic rings. The second-order valence-electron chi connectivity index (χ2n) is 6.20. The van der Waals surface area contributed by atoms with Crippen molar-refractivity contribution in [1.82, 2.24) is 20.2 Å². The second kappa shape index (κ2) is 5.33. The third kappa shape index (κ3) is 3.50. The number of hydrogen-bond acceptors (Lipinski definition) is 4. The Bertz CT molecular complexity index is 397. The summed E-state index contributed by atoms with van der Waals surface area (Å²) in [7, 11) is 0. The summed E-state index contributed by atoms with van der Waals surface area (Å²) in [5.41, 5.74) is 1.43. The van der Waals surface area contributed by atoms with Crippen LogP contribution < -0.4 is 5.32 Å². The third-order valence-corrected chi connectivity index (χ3v) is 3.52. The van der Waals surface area contributed by atoms with E-state index >= 15 is 0 Å². The van der Waals surface area contributed by atoms with E-state index < -0.39 is 0 Å². The lowest BCUT2D eigenvalue weighted by molar-refractivity contribution is 0.128. The molecule has 0 radical (unpaired) electrons. The Balaban J connectivity index is 1.98. The number of nitrogens with one attached hydrogen (secondary N) is 1. The molecule has 2 rings (SSSR count). The van der Waals surface area contributed by atoms with E-state index in [1.165, 1.54) is 0 Å². The predicted molar refractivity (Wildman–Crippen MR) is 73.3 cm³/mol. The first-order valence-corrected chi connectivity index (χ1v) is 6.69. The van der Waals surface area contributed by atoms with E-state index in [1.54, 1.807) is 0 Å². The smallest absolute Gasteiger partial charge is 0.125 e. The molecule has 2 heterocycles. The lowest BCUT2D eigenvalue weighted by atomic mass is 9.85. The van der Waals surface area contributed by atoms with Crippen molar-refractivity contribution in [3.63, 3.8) is 0 Å². The summed E-state index contributed by atoms with van der Waals surface area (Å²) in [6.45, 7) is 13.0. The molecule has 1 aromatic heterocycles. The second-order valence-corrected chi connectivity index (χ2v) is 6.20. The van der Waals surface area contributed by atoms with Gasteiger partial charge in [0.05, 0.1) is 5.69 Å². The zero-order valence-corrected chi connectivity index (χ0v) is 11.9. The van der Waals surface area contributed by atoms with Gasteiger partial charge < -0.3 is 5.32 Å². The zero-order valence-electron chi connectivity index (χ0n) is 11.9. The highest BCUT2D eigenvalue weighted by molar-refractivity contribution is 5.02. The quantitative estimate of drug-likeness (QED) is 0.863. The van der Waals surface area contributed by atoms with Crippen molar-refractivity contribution in [2.45, 2.75) is 40.3 Å². The first-order chi connectivity index (χ1) is 8.45. The summed E-state index contributed by atoms with van der Waals surface area (Å²) < 4.78 is 0. The lowest BCUT2D eigenvalue weighted by Gasteiger charge is -2.40. The highest BCUT2D eigenvalue weighted by Crippen LogP contribution is 2.22. The molecule has 4 nitrogen and oxygen atoms in total. The minimum absolute atomic E-state index is 0.306. The van der Waals surface area contributed by atoms with Gasteiger partial charge in [-0.1, -0.05) is 20.8 Å². The first-order valence-electron chi connectivity index (χ1n) is 6.69. The molecular formula is C14H24N4. The fourth-order valence-electron chi connectivity index (χ4n) is 2.36. The Labute approximate surface area is 110 Å². The molecule has 0 aliphatic carbocycles. The van der Waals surface area contributed by atoms with Crippen molar-refractivity contribution in [3.05, 3.63) is 23.8 Å². The van der Waals surface area contributed by atoms with Crippen molar-refractivity contribution < 1.29 is 0 Å². The number of nitrogens with zero attached hydrogens (tertiary/aromatic N) is 3. The summed E-state index contributed by atoms with van der Waals surface area (Å²) in [5, 5.41) is 3.61. The van der Waals surface area contributed by atoms with E-state index in [0.717, 1.165) is 37.7 Å². The highest BCUT2D eigenvalue weighted by atomic mass is 15.2. The van der Waals surface area contributed by atoms with Crippen LogP contribution in [0, 0.1) is 12.3 Å². The monoisotopic (exact) mass is 248 g/mol. The van der Waals surface area contributed by atoms with Gasteiger partial charge in [0.25, 0.3) is 0 Å². The van der Waals surface area contributed by atoms with Crippen LogP contribution in [0.15, 0.2) is 12.3 Å². The SMILES string of the molecule is Cc1nccc(CN2CCNC(C(C)(C)C)C2)n1. The van der Waals surface area contributed by atoms with Gasteiger partial charge in [0.1, 0.15) is 5.82 Å². The van der Waals surface area contributed by atoms with Gasteiger partial charge in [-0.3, -0.25) is 4.90 Å². The van der Waals surface area contributed by atoms with Gasteiger partial charge in [0, 0.05) is 38.4 Å². The minimum atomic E-state index is 0.306. The van der Waals surface area contributed by atoms with E-state index in [4.69, 9.17) is 0 Å². The maximum atomic E-state index is 4.48. The molecule has 0 spiro atoms. The molecule has 1 N–H and O–H groups in total. The molecule has 1 saturated heterocycles. The van der Waals surface area contributed by atoms with Crippen LogP contribution in [0.25, 0.3) is 0 Å². The highest BCUT2D eigenvalue weighted by Gasteiger charge is 2.29. The maximum Gasteiger partial charge on any atom is 0.125 e. The normalized spacial score (nSPS) is 22.1. The standard InChI is InChI=1S/C14H24N4/c1-11-15-6-5-12(17-11)9-18-8-7-16-13(10-18)14(2,3)4/h5-6,13,16H,7-10H2,1-4H3. The Morgan fingerprint density at radius 1 is 1.44 bits per heavy atom. The van der Waals surface area contributed by atoms with Gasteiger partial charge in [-0.15, -0.1) is 0 Å². The van der Waals surface area contributed by atoms with Crippen molar-refractivity contribution in [2.24, 2.45) is 5.41 Å². The first kappa shape index (κ1) is 13.4. The molecule has 0 saturated carbocycles. The van der Waals surface area contributed by atoms with Crippen molar-refractivity contribution >= 4 is 0 Å². The van der Waals surface area contributed by atoms with Crippen LogP contribution in [-0.2, 0) is 6.54 Å². The van der Waals surface area contributed by atoms with Crippen LogP contribution in [0.5, 0.6) is 0 Å². The van der Waals surface area contributed by atoms with E-state index in [1.807, 2.05) is 19.2 Å². The molecule has 4 heteroatoms. The van der Waals surface area contributed by atoms with Gasteiger partial charge in [0.15, 0.2) is 0 Å². The van der Waals surface area contributed by atoms with Crippen molar-refractivity contribution in [2.75, 3.05) is 19.6 Å². The van der Waals surface area contributed by atoms with Crippen LogP contribution in [0.4, 0.5) is 0 Å². The van der Waals surface area contributed by atoms with Gasteiger partial charge in [0.2, 0.25) is 0 Å². The maximum absolute atomic E-state index is 4.48. The summed E-state index contributed by atoms with van der Waals surface area (Å²) in [4.78, 5) is 11.1. The fourth-order valence-corrected chi connectivity index (χ4v) is 2.36. The van der Waals surface area contributed by atoms with Gasteiger partial charge in [-0.05, 0) is 18.4 Å². The molecule has 1 fully saturated rings. The van der Waals surface area contributed by atoms with Crippen LogP contribution in [0.1, 0.15) is 32.3 Å². The molecule has 1 aliphatic heterocycles. The topological polar surface area (TPSA) is 41.1 Å². The molecule has 100 valence electrons. The number of aryl methyl sites for hydroxylation is 1. The van der Waals surface area contributed by atoms with Crippen LogP contribution in [-0.4, -0.2) is 40.5 Å². The largest absolute Gasteiger partial charge is 0.311 e. The third-order valence-electron chi connectivity index (χ3n) is 3.52. The fraction of sp³-hybridized carbons (Fsp3) is 0.714. The Morgan fingerprint density at radius 3 is 2.89 bits per heavy atom. The van der Waals surface area contributed by atoms with Gasteiger partial charge >= 0.3 is 0 Å². The average Bonchev–Trinajstić information content (AvgIpc) is 2.28. The minimum Gasteiger partial charge on any atom is -0.311 e. The predicted octanol–water partition coefficient (Wildman–Crippen LogP) is 1.60. The van der Waals surface area contributed by atoms with Crippen LogP contribution in [0.3, 0.4) is 0 Å². The number of rotatable bonds is 2. The Hall–Kier alpha value is -1.00. The van der Waals surface area contributed by atoms with Crippen molar-refractivity contribution in [3.8, 4) is 0 Å². The number of hydrogen-bond donors (Lipinski definition) is 1. The molecule has 1 aliphatic rings. The van der Waals surface area contributed by atoms with Gasteiger partial charge in [-0.2, -0.15) is 0 Å². The summed E-state index contributed by atoms with van der Waals surface area (Å²) in [5.74, 6) is 0.856. The number of piperazine rings is 1. The van der Waals surface area contributed by atoms with Gasteiger partial charge in [-0.25, -0.2) is 9.97 Å². The molecule has 0 aromatic carbocycles. The summed E-state index contributed by atoms with van der Waals surface area (Å²) >= 11 is 0. The van der Waals surface area contributed by atoms with E-state index in [0.29, 0.717) is 11.5 Å². The summed E-state index contributed by atoms with van der Waals surface area (Å²) in [6, 6.07) is 2.57. The lowest BCUT2D eigenvalue weighted by Crippen LogP contribution is -2.55.